The van der Waals surface area contributed by atoms with Crippen LogP contribution in [0.4, 0.5) is 0 Å². The first kappa shape index (κ1) is 16.1. The minimum absolute atomic E-state index is 0.592. The van der Waals surface area contributed by atoms with Crippen molar-refractivity contribution < 1.29 is 4.52 Å². The molecule has 1 saturated heterocycles. The van der Waals surface area contributed by atoms with Gasteiger partial charge < -0.3 is 9.42 Å². The second-order valence-electron chi connectivity index (χ2n) is 6.43. The van der Waals surface area contributed by atoms with Gasteiger partial charge in [0.2, 0.25) is 0 Å². The van der Waals surface area contributed by atoms with Crippen molar-refractivity contribution in [3.05, 3.63) is 47.6 Å². The van der Waals surface area contributed by atoms with E-state index in [1.165, 1.54) is 18.4 Å². The number of nitrogens with zero attached hydrogens (tertiary/aromatic N) is 4. The molecule has 1 aliphatic heterocycles. The first-order valence-corrected chi connectivity index (χ1v) is 8.50. The predicted octanol–water partition coefficient (Wildman–Crippen LogP) is 2.73. The number of rotatable bonds is 6. The Hall–Kier alpha value is -1.72. The second-order valence-corrected chi connectivity index (χ2v) is 6.43. The highest BCUT2D eigenvalue weighted by atomic mass is 16.5. The Balaban J connectivity index is 1.72. The standard InChI is InChI=1S/C18H26N4O/c1-3-16-12-18(23-20-16)14-22(13-15-4-8-19-9-5-15)17-6-10-21(2)11-7-17/h4-5,8-9,12,17H,3,6-7,10-11,13-14H2,1-2H3. The van der Waals surface area contributed by atoms with Crippen LogP contribution in [0.1, 0.15) is 36.8 Å². The third-order valence-electron chi connectivity index (χ3n) is 4.67. The summed E-state index contributed by atoms with van der Waals surface area (Å²) in [5.74, 6) is 0.967. The number of pyridine rings is 1. The number of hydrogen-bond acceptors (Lipinski definition) is 5. The first-order chi connectivity index (χ1) is 11.2. The fourth-order valence-corrected chi connectivity index (χ4v) is 3.19. The van der Waals surface area contributed by atoms with Gasteiger partial charge in [-0.05, 0) is 57.1 Å². The van der Waals surface area contributed by atoms with Crippen LogP contribution in [0.3, 0.4) is 0 Å². The van der Waals surface area contributed by atoms with Gasteiger partial charge in [-0.2, -0.15) is 0 Å². The molecule has 0 radical (unpaired) electrons. The molecule has 5 nitrogen and oxygen atoms in total. The molecule has 2 aromatic heterocycles. The summed E-state index contributed by atoms with van der Waals surface area (Å²) in [5.41, 5.74) is 2.33. The van der Waals surface area contributed by atoms with Crippen molar-refractivity contribution >= 4 is 0 Å². The van der Waals surface area contributed by atoms with E-state index in [0.29, 0.717) is 6.04 Å². The SMILES string of the molecule is CCc1cc(CN(Cc2ccncc2)C2CCN(C)CC2)on1. The first-order valence-electron chi connectivity index (χ1n) is 8.50. The average Bonchev–Trinajstić information content (AvgIpc) is 3.04. The van der Waals surface area contributed by atoms with E-state index in [9.17, 15) is 0 Å². The van der Waals surface area contributed by atoms with Gasteiger partial charge in [0.1, 0.15) is 0 Å². The topological polar surface area (TPSA) is 45.4 Å². The lowest BCUT2D eigenvalue weighted by atomic mass is 10.0. The largest absolute Gasteiger partial charge is 0.360 e. The molecule has 1 aliphatic rings. The van der Waals surface area contributed by atoms with Crippen molar-refractivity contribution in [2.75, 3.05) is 20.1 Å². The third kappa shape index (κ3) is 4.39. The summed E-state index contributed by atoms with van der Waals surface area (Å²) in [6.07, 6.45) is 7.06. The van der Waals surface area contributed by atoms with Crippen molar-refractivity contribution in [1.29, 1.82) is 0 Å². The predicted molar refractivity (Wildman–Crippen MR) is 89.9 cm³/mol. The van der Waals surface area contributed by atoms with Crippen LogP contribution in [0.2, 0.25) is 0 Å². The van der Waals surface area contributed by atoms with Gasteiger partial charge >= 0.3 is 0 Å². The summed E-state index contributed by atoms with van der Waals surface area (Å²) in [5, 5.41) is 4.13. The third-order valence-corrected chi connectivity index (χ3v) is 4.67. The van der Waals surface area contributed by atoms with Gasteiger partial charge in [-0.1, -0.05) is 12.1 Å². The summed E-state index contributed by atoms with van der Waals surface area (Å²) in [7, 11) is 2.20. The Bertz CT molecular complexity index is 590. The lowest BCUT2D eigenvalue weighted by molar-refractivity contribution is 0.0987. The molecule has 0 amide bonds. The molecular weight excluding hydrogens is 288 g/mol. The van der Waals surface area contributed by atoms with E-state index in [1.807, 2.05) is 12.4 Å². The van der Waals surface area contributed by atoms with E-state index < -0.39 is 0 Å². The number of hydrogen-bond donors (Lipinski definition) is 0. The molecule has 2 aromatic rings. The molecule has 23 heavy (non-hydrogen) atoms. The molecule has 0 saturated carbocycles. The van der Waals surface area contributed by atoms with Gasteiger partial charge in [0, 0.05) is 31.0 Å². The van der Waals surface area contributed by atoms with Gasteiger partial charge in [-0.15, -0.1) is 0 Å². The zero-order valence-corrected chi connectivity index (χ0v) is 14.1. The maximum Gasteiger partial charge on any atom is 0.150 e. The molecule has 3 heterocycles. The average molecular weight is 314 g/mol. The Morgan fingerprint density at radius 3 is 2.61 bits per heavy atom. The van der Waals surface area contributed by atoms with E-state index in [-0.39, 0.29) is 0 Å². The zero-order valence-electron chi connectivity index (χ0n) is 14.1. The van der Waals surface area contributed by atoms with Crippen LogP contribution < -0.4 is 0 Å². The highest BCUT2D eigenvalue weighted by Gasteiger charge is 2.24. The van der Waals surface area contributed by atoms with E-state index in [2.05, 4.69) is 52.1 Å². The number of likely N-dealkylation sites (tertiary alicyclic amines) is 1. The Labute approximate surface area is 138 Å². The van der Waals surface area contributed by atoms with Crippen LogP contribution in [0.25, 0.3) is 0 Å². The summed E-state index contributed by atoms with van der Waals surface area (Å²) in [6, 6.07) is 6.88. The molecule has 1 fully saturated rings. The Kier molecular flexibility index (Phi) is 5.41. The van der Waals surface area contributed by atoms with Crippen LogP contribution >= 0.6 is 0 Å². The molecule has 0 spiro atoms. The number of piperidine rings is 1. The van der Waals surface area contributed by atoms with E-state index >= 15 is 0 Å². The van der Waals surface area contributed by atoms with Crippen LogP contribution in [-0.2, 0) is 19.5 Å². The van der Waals surface area contributed by atoms with Crippen LogP contribution in [0.5, 0.6) is 0 Å². The van der Waals surface area contributed by atoms with E-state index in [0.717, 1.165) is 44.1 Å². The Morgan fingerprint density at radius 2 is 1.96 bits per heavy atom. The summed E-state index contributed by atoms with van der Waals surface area (Å²) in [6.45, 7) is 6.18. The summed E-state index contributed by atoms with van der Waals surface area (Å²) < 4.78 is 5.52. The van der Waals surface area contributed by atoms with Crippen LogP contribution in [0.15, 0.2) is 35.1 Å². The van der Waals surface area contributed by atoms with Crippen molar-refractivity contribution in [1.82, 2.24) is 19.9 Å². The summed E-state index contributed by atoms with van der Waals surface area (Å²) in [4.78, 5) is 9.06. The molecule has 124 valence electrons. The normalized spacial score (nSPS) is 17.0. The van der Waals surface area contributed by atoms with Gasteiger partial charge in [0.15, 0.2) is 5.76 Å². The van der Waals surface area contributed by atoms with Crippen molar-refractivity contribution in [2.45, 2.75) is 45.3 Å². The maximum atomic E-state index is 5.52. The Morgan fingerprint density at radius 1 is 1.22 bits per heavy atom. The quantitative estimate of drug-likeness (QED) is 0.820. The molecular formula is C18H26N4O. The van der Waals surface area contributed by atoms with Crippen molar-refractivity contribution in [2.24, 2.45) is 0 Å². The van der Waals surface area contributed by atoms with Gasteiger partial charge in [-0.25, -0.2) is 0 Å². The maximum absolute atomic E-state index is 5.52. The number of aromatic nitrogens is 2. The fourth-order valence-electron chi connectivity index (χ4n) is 3.19. The molecule has 0 N–H and O–H groups in total. The molecule has 0 unspecified atom stereocenters. The molecule has 0 atom stereocenters. The van der Waals surface area contributed by atoms with Crippen molar-refractivity contribution in [3.8, 4) is 0 Å². The minimum atomic E-state index is 0.592. The molecule has 3 rings (SSSR count). The smallest absolute Gasteiger partial charge is 0.150 e. The highest BCUT2D eigenvalue weighted by Crippen LogP contribution is 2.21. The van der Waals surface area contributed by atoms with Gasteiger partial charge in [0.25, 0.3) is 0 Å². The van der Waals surface area contributed by atoms with E-state index in [4.69, 9.17) is 4.52 Å². The molecule has 0 bridgehead atoms. The molecule has 0 aliphatic carbocycles. The van der Waals surface area contributed by atoms with E-state index in [1.54, 1.807) is 0 Å². The van der Waals surface area contributed by atoms with Gasteiger partial charge in [-0.3, -0.25) is 9.88 Å². The monoisotopic (exact) mass is 314 g/mol. The summed E-state index contributed by atoms with van der Waals surface area (Å²) >= 11 is 0. The minimum Gasteiger partial charge on any atom is -0.360 e. The van der Waals surface area contributed by atoms with Gasteiger partial charge in [0.05, 0.1) is 12.2 Å². The molecule has 0 aromatic carbocycles. The number of aryl methyl sites for hydroxylation is 1. The molecule has 5 heteroatoms. The lowest BCUT2D eigenvalue weighted by Gasteiger charge is -2.36. The van der Waals surface area contributed by atoms with Crippen LogP contribution in [0, 0.1) is 0 Å². The van der Waals surface area contributed by atoms with Crippen molar-refractivity contribution in [3.63, 3.8) is 0 Å². The van der Waals surface area contributed by atoms with Crippen LogP contribution in [-0.4, -0.2) is 46.1 Å². The fraction of sp³-hybridized carbons (Fsp3) is 0.556. The zero-order chi connectivity index (χ0) is 16.1. The lowest BCUT2D eigenvalue weighted by Crippen LogP contribution is -2.43. The second kappa shape index (κ2) is 7.70. The highest BCUT2D eigenvalue weighted by molar-refractivity contribution is 5.11.